The average Bonchev–Trinajstić information content (AvgIpc) is 2.74. The van der Waals surface area contributed by atoms with Gasteiger partial charge in [-0.25, -0.2) is 8.42 Å². The number of carbonyl (C=O) groups is 1. The highest BCUT2D eigenvalue weighted by Crippen LogP contribution is 2.23. The lowest BCUT2D eigenvalue weighted by Gasteiger charge is -2.20. The second kappa shape index (κ2) is 8.79. The Morgan fingerprint density at radius 2 is 1.55 bits per heavy atom. The highest BCUT2D eigenvalue weighted by molar-refractivity contribution is 7.92. The molecule has 1 N–H and O–H groups in total. The molecule has 0 atom stereocenters. The first-order valence-electron chi connectivity index (χ1n) is 8.96. The number of anilines is 1. The van der Waals surface area contributed by atoms with E-state index in [1.807, 2.05) is 24.3 Å². The molecule has 0 heterocycles. The van der Waals surface area contributed by atoms with E-state index in [-0.39, 0.29) is 22.1 Å². The molecule has 3 aromatic rings. The van der Waals surface area contributed by atoms with Crippen LogP contribution in [0.5, 0.6) is 5.75 Å². The topological polar surface area (TPSA) is 75.7 Å². The molecule has 0 saturated carbocycles. The van der Waals surface area contributed by atoms with Crippen molar-refractivity contribution >= 4 is 21.6 Å². The summed E-state index contributed by atoms with van der Waals surface area (Å²) in [5, 5.41) is 0. The fraction of sp³-hybridized carbons (Fsp3) is 0.136. The van der Waals surface area contributed by atoms with E-state index >= 15 is 0 Å². The van der Waals surface area contributed by atoms with Crippen molar-refractivity contribution in [1.82, 2.24) is 4.90 Å². The van der Waals surface area contributed by atoms with E-state index in [1.165, 1.54) is 17.0 Å². The first-order valence-corrected chi connectivity index (χ1v) is 10.4. The van der Waals surface area contributed by atoms with Crippen molar-refractivity contribution in [3.63, 3.8) is 0 Å². The molecule has 0 aliphatic heterocycles. The van der Waals surface area contributed by atoms with Gasteiger partial charge in [-0.1, -0.05) is 48.5 Å². The summed E-state index contributed by atoms with van der Waals surface area (Å²) in [4.78, 5) is 14.7. The molecule has 0 radical (unpaired) electrons. The molecule has 0 spiro atoms. The fourth-order valence-corrected chi connectivity index (χ4v) is 4.03. The van der Waals surface area contributed by atoms with Gasteiger partial charge in [0.05, 0.1) is 23.3 Å². The number of nitrogens with one attached hydrogen (secondary N) is 1. The molecule has 0 unspecified atom stereocenters. The Morgan fingerprint density at radius 3 is 2.28 bits per heavy atom. The van der Waals surface area contributed by atoms with Gasteiger partial charge in [0.1, 0.15) is 5.75 Å². The lowest BCUT2D eigenvalue weighted by Crippen LogP contribution is -2.27. The van der Waals surface area contributed by atoms with Crippen molar-refractivity contribution in [2.75, 3.05) is 18.9 Å². The zero-order chi connectivity index (χ0) is 20.9. The number of nitrogens with zero attached hydrogens (tertiary/aromatic N) is 1. The van der Waals surface area contributed by atoms with E-state index in [0.29, 0.717) is 12.3 Å². The third-order valence-electron chi connectivity index (χ3n) is 4.40. The third kappa shape index (κ3) is 4.75. The Morgan fingerprint density at radius 1 is 0.931 bits per heavy atom. The number of ether oxygens (including phenoxy) is 1. The minimum Gasteiger partial charge on any atom is -0.496 e. The van der Waals surface area contributed by atoms with E-state index in [9.17, 15) is 13.2 Å². The Labute approximate surface area is 170 Å². The lowest BCUT2D eigenvalue weighted by molar-refractivity contribution is 0.0785. The number of para-hydroxylation sites is 2. The summed E-state index contributed by atoms with van der Waals surface area (Å²) in [6, 6.07) is 22.0. The molecule has 7 heteroatoms. The van der Waals surface area contributed by atoms with Crippen LogP contribution in [0.15, 0.2) is 83.8 Å². The molecule has 3 rings (SSSR count). The van der Waals surface area contributed by atoms with Gasteiger partial charge >= 0.3 is 0 Å². The number of amides is 1. The van der Waals surface area contributed by atoms with Crippen LogP contribution in [-0.4, -0.2) is 33.4 Å². The normalized spacial score (nSPS) is 11.0. The highest BCUT2D eigenvalue weighted by Gasteiger charge is 2.21. The van der Waals surface area contributed by atoms with Gasteiger partial charge in [0.2, 0.25) is 0 Å². The summed E-state index contributed by atoms with van der Waals surface area (Å²) in [5.74, 6) is 0.382. The van der Waals surface area contributed by atoms with Crippen molar-refractivity contribution in [2.24, 2.45) is 0 Å². The molecule has 6 nitrogen and oxygen atoms in total. The Hall–Kier alpha value is -3.32. The van der Waals surface area contributed by atoms with Gasteiger partial charge in [-0.2, -0.15) is 0 Å². The van der Waals surface area contributed by atoms with Crippen molar-refractivity contribution in [3.05, 3.63) is 90.0 Å². The number of rotatable bonds is 7. The van der Waals surface area contributed by atoms with Crippen LogP contribution < -0.4 is 9.46 Å². The minimum absolute atomic E-state index is 0.129. The maximum atomic E-state index is 13.0. The van der Waals surface area contributed by atoms with Crippen LogP contribution in [0.1, 0.15) is 15.9 Å². The van der Waals surface area contributed by atoms with Gasteiger partial charge in [0.15, 0.2) is 0 Å². The van der Waals surface area contributed by atoms with Crippen LogP contribution in [-0.2, 0) is 16.6 Å². The van der Waals surface area contributed by atoms with Gasteiger partial charge < -0.3 is 9.64 Å². The van der Waals surface area contributed by atoms with E-state index in [1.54, 1.807) is 56.6 Å². The predicted molar refractivity (Wildman–Crippen MR) is 112 cm³/mol. The average molecular weight is 410 g/mol. The number of benzene rings is 3. The van der Waals surface area contributed by atoms with E-state index < -0.39 is 10.0 Å². The molecule has 0 fully saturated rings. The molecule has 0 saturated heterocycles. The van der Waals surface area contributed by atoms with Crippen molar-refractivity contribution in [1.29, 1.82) is 0 Å². The van der Waals surface area contributed by atoms with E-state index in [4.69, 9.17) is 4.74 Å². The summed E-state index contributed by atoms with van der Waals surface area (Å²) >= 11 is 0. The zero-order valence-corrected chi connectivity index (χ0v) is 17.0. The maximum Gasteiger partial charge on any atom is 0.261 e. The van der Waals surface area contributed by atoms with Crippen LogP contribution in [0.3, 0.4) is 0 Å². The second-order valence-electron chi connectivity index (χ2n) is 6.44. The molecule has 1 amide bonds. The van der Waals surface area contributed by atoms with Gasteiger partial charge in [0, 0.05) is 19.2 Å². The molecule has 0 bridgehead atoms. The van der Waals surface area contributed by atoms with E-state index in [2.05, 4.69) is 4.72 Å². The summed E-state index contributed by atoms with van der Waals surface area (Å²) in [6.45, 7) is 0.322. The Kier molecular flexibility index (Phi) is 6.19. The number of hydrogen-bond donors (Lipinski definition) is 1. The third-order valence-corrected chi connectivity index (χ3v) is 5.78. The lowest BCUT2D eigenvalue weighted by atomic mass is 10.1. The maximum absolute atomic E-state index is 13.0. The summed E-state index contributed by atoms with van der Waals surface area (Å²) < 4.78 is 33.2. The van der Waals surface area contributed by atoms with Crippen LogP contribution in [0.2, 0.25) is 0 Å². The SMILES string of the molecule is COc1ccccc1CN(C)C(=O)c1ccccc1NS(=O)(=O)c1ccccc1. The largest absolute Gasteiger partial charge is 0.496 e. The Bertz CT molecular complexity index is 1100. The van der Waals surface area contributed by atoms with Crippen LogP contribution >= 0.6 is 0 Å². The molecule has 150 valence electrons. The fourth-order valence-electron chi connectivity index (χ4n) is 2.93. The van der Waals surface area contributed by atoms with Crippen LogP contribution in [0, 0.1) is 0 Å². The van der Waals surface area contributed by atoms with Crippen molar-refractivity contribution < 1.29 is 17.9 Å². The number of methoxy groups -OCH3 is 1. The monoisotopic (exact) mass is 410 g/mol. The van der Waals surface area contributed by atoms with Crippen LogP contribution in [0.25, 0.3) is 0 Å². The summed E-state index contributed by atoms with van der Waals surface area (Å²) in [6.07, 6.45) is 0. The quantitative estimate of drug-likeness (QED) is 0.643. The molecule has 0 aliphatic rings. The van der Waals surface area contributed by atoms with Gasteiger partial charge in [0.25, 0.3) is 15.9 Å². The van der Waals surface area contributed by atoms with Crippen LogP contribution in [0.4, 0.5) is 5.69 Å². The molecule has 0 aliphatic carbocycles. The van der Waals surface area contributed by atoms with E-state index in [0.717, 1.165) is 5.56 Å². The smallest absolute Gasteiger partial charge is 0.261 e. The van der Waals surface area contributed by atoms with Gasteiger partial charge in [-0.05, 0) is 30.3 Å². The van der Waals surface area contributed by atoms with Gasteiger partial charge in [-0.3, -0.25) is 9.52 Å². The molecule has 0 aromatic heterocycles. The molecular weight excluding hydrogens is 388 g/mol. The predicted octanol–water partition coefficient (Wildman–Crippen LogP) is 3.77. The van der Waals surface area contributed by atoms with Crippen molar-refractivity contribution in [3.8, 4) is 5.75 Å². The second-order valence-corrected chi connectivity index (χ2v) is 8.12. The number of hydrogen-bond acceptors (Lipinski definition) is 4. The highest BCUT2D eigenvalue weighted by atomic mass is 32.2. The first-order chi connectivity index (χ1) is 13.9. The zero-order valence-electron chi connectivity index (χ0n) is 16.2. The molecule has 3 aromatic carbocycles. The minimum atomic E-state index is -3.81. The number of sulfonamides is 1. The number of carbonyl (C=O) groups excluding carboxylic acids is 1. The first kappa shape index (κ1) is 20.4. The standard InChI is InChI=1S/C22H22N2O4S/c1-24(16-17-10-6-9-15-21(17)28-2)22(25)19-13-7-8-14-20(19)23-29(26,27)18-11-4-3-5-12-18/h3-15,23H,16H2,1-2H3. The molecule has 29 heavy (non-hydrogen) atoms. The summed E-state index contributed by atoms with van der Waals surface area (Å²) in [5.41, 5.74) is 1.35. The van der Waals surface area contributed by atoms with Crippen molar-refractivity contribution in [2.45, 2.75) is 11.4 Å². The molecular formula is C22H22N2O4S. The summed E-state index contributed by atoms with van der Waals surface area (Å²) in [7, 11) is -0.564. The van der Waals surface area contributed by atoms with Gasteiger partial charge in [-0.15, -0.1) is 0 Å². The Balaban J connectivity index is 1.85.